The van der Waals surface area contributed by atoms with Gasteiger partial charge in [-0.3, -0.25) is 4.90 Å². The highest BCUT2D eigenvalue weighted by Crippen LogP contribution is 2.34. The summed E-state index contributed by atoms with van der Waals surface area (Å²) in [5, 5.41) is 3.74. The van der Waals surface area contributed by atoms with E-state index < -0.39 is 0 Å². The van der Waals surface area contributed by atoms with E-state index in [2.05, 4.69) is 48.3 Å². The van der Waals surface area contributed by atoms with Crippen LogP contribution < -0.4 is 5.32 Å². The lowest BCUT2D eigenvalue weighted by Crippen LogP contribution is -2.45. The number of hydrogen-bond acceptors (Lipinski definition) is 2. The van der Waals surface area contributed by atoms with E-state index in [-0.39, 0.29) is 0 Å². The molecule has 0 spiro atoms. The van der Waals surface area contributed by atoms with E-state index in [4.69, 9.17) is 0 Å². The molecule has 3 rings (SSSR count). The molecular weight excluding hydrogens is 256 g/mol. The Hall–Kier alpha value is -0.860. The first kappa shape index (κ1) is 15.1. The Kier molecular flexibility index (Phi) is 4.97. The van der Waals surface area contributed by atoms with Crippen molar-refractivity contribution >= 4 is 0 Å². The van der Waals surface area contributed by atoms with Crippen molar-refractivity contribution in [1.82, 2.24) is 10.2 Å². The molecule has 0 amide bonds. The van der Waals surface area contributed by atoms with Gasteiger partial charge < -0.3 is 5.32 Å². The molecule has 21 heavy (non-hydrogen) atoms. The van der Waals surface area contributed by atoms with Crippen LogP contribution in [0.5, 0.6) is 0 Å². The van der Waals surface area contributed by atoms with Gasteiger partial charge >= 0.3 is 0 Å². The first-order chi connectivity index (χ1) is 10.3. The summed E-state index contributed by atoms with van der Waals surface area (Å²) in [5.74, 6) is 0. The third kappa shape index (κ3) is 3.17. The second-order valence-corrected chi connectivity index (χ2v) is 6.67. The molecule has 2 heterocycles. The molecule has 2 heteroatoms. The number of likely N-dealkylation sites (tertiary alicyclic amines) is 1. The zero-order valence-corrected chi connectivity index (χ0v) is 13.6. The number of rotatable bonds is 5. The zero-order chi connectivity index (χ0) is 14.7. The second kappa shape index (κ2) is 6.93. The van der Waals surface area contributed by atoms with E-state index in [1.54, 1.807) is 0 Å². The van der Waals surface area contributed by atoms with Gasteiger partial charge in [0.1, 0.15) is 0 Å². The third-order valence-corrected chi connectivity index (χ3v) is 5.46. The van der Waals surface area contributed by atoms with Crippen LogP contribution in [0.4, 0.5) is 0 Å². The SMILES string of the molecule is CCc1ccc(C(CC)N2CCCC2C2CCCN2)cc1. The highest BCUT2D eigenvalue weighted by atomic mass is 15.2. The van der Waals surface area contributed by atoms with Crippen LogP contribution in [0.25, 0.3) is 0 Å². The molecule has 2 aliphatic rings. The van der Waals surface area contributed by atoms with Crippen molar-refractivity contribution in [2.75, 3.05) is 13.1 Å². The Balaban J connectivity index is 1.77. The summed E-state index contributed by atoms with van der Waals surface area (Å²) in [4.78, 5) is 2.80. The van der Waals surface area contributed by atoms with Gasteiger partial charge in [-0.25, -0.2) is 0 Å². The van der Waals surface area contributed by atoms with Gasteiger partial charge in [0.2, 0.25) is 0 Å². The van der Waals surface area contributed by atoms with Crippen LogP contribution in [-0.2, 0) is 6.42 Å². The molecule has 1 aromatic carbocycles. The van der Waals surface area contributed by atoms with Crippen molar-refractivity contribution in [2.45, 2.75) is 70.5 Å². The summed E-state index contributed by atoms with van der Waals surface area (Å²) in [6.45, 7) is 7.07. The van der Waals surface area contributed by atoms with Crippen molar-refractivity contribution in [3.8, 4) is 0 Å². The Morgan fingerprint density at radius 2 is 1.95 bits per heavy atom. The number of aryl methyl sites for hydroxylation is 1. The van der Waals surface area contributed by atoms with E-state index in [0.717, 1.165) is 18.5 Å². The maximum absolute atomic E-state index is 3.74. The largest absolute Gasteiger partial charge is 0.312 e. The fraction of sp³-hybridized carbons (Fsp3) is 0.684. The summed E-state index contributed by atoms with van der Waals surface area (Å²) in [6, 6.07) is 11.5. The van der Waals surface area contributed by atoms with Crippen LogP contribution in [0, 0.1) is 0 Å². The van der Waals surface area contributed by atoms with E-state index in [9.17, 15) is 0 Å². The average Bonchev–Trinajstić information content (AvgIpc) is 3.19. The molecule has 2 aliphatic heterocycles. The van der Waals surface area contributed by atoms with Gasteiger partial charge in [-0.15, -0.1) is 0 Å². The minimum atomic E-state index is 0.603. The fourth-order valence-electron chi connectivity index (χ4n) is 4.31. The molecule has 1 N–H and O–H groups in total. The topological polar surface area (TPSA) is 15.3 Å². The number of hydrogen-bond donors (Lipinski definition) is 1. The molecule has 1 aromatic rings. The van der Waals surface area contributed by atoms with E-state index in [1.165, 1.54) is 56.3 Å². The van der Waals surface area contributed by atoms with Crippen LogP contribution in [0.15, 0.2) is 24.3 Å². The summed E-state index contributed by atoms with van der Waals surface area (Å²) in [7, 11) is 0. The average molecular weight is 286 g/mol. The van der Waals surface area contributed by atoms with Crippen LogP contribution in [-0.4, -0.2) is 30.1 Å². The monoisotopic (exact) mass is 286 g/mol. The Morgan fingerprint density at radius 1 is 1.14 bits per heavy atom. The molecule has 0 saturated carbocycles. The van der Waals surface area contributed by atoms with Gasteiger partial charge in [0.15, 0.2) is 0 Å². The van der Waals surface area contributed by atoms with Gasteiger partial charge in [-0.2, -0.15) is 0 Å². The second-order valence-electron chi connectivity index (χ2n) is 6.67. The smallest absolute Gasteiger partial charge is 0.0349 e. The van der Waals surface area contributed by atoms with Crippen LogP contribution in [0.3, 0.4) is 0 Å². The molecule has 2 fully saturated rings. The van der Waals surface area contributed by atoms with Crippen molar-refractivity contribution in [3.63, 3.8) is 0 Å². The predicted molar refractivity (Wildman–Crippen MR) is 89.6 cm³/mol. The number of nitrogens with zero attached hydrogens (tertiary/aromatic N) is 1. The van der Waals surface area contributed by atoms with Gasteiger partial charge in [0.05, 0.1) is 0 Å². The first-order valence-electron chi connectivity index (χ1n) is 8.91. The lowest BCUT2D eigenvalue weighted by molar-refractivity contribution is 0.149. The number of nitrogens with one attached hydrogen (secondary N) is 1. The molecule has 0 aromatic heterocycles. The summed E-state index contributed by atoms with van der Waals surface area (Å²) >= 11 is 0. The highest BCUT2D eigenvalue weighted by Gasteiger charge is 2.36. The minimum Gasteiger partial charge on any atom is -0.312 e. The zero-order valence-electron chi connectivity index (χ0n) is 13.6. The number of benzene rings is 1. The maximum Gasteiger partial charge on any atom is 0.0349 e. The predicted octanol–water partition coefficient (Wildman–Crippen LogP) is 3.92. The summed E-state index contributed by atoms with van der Waals surface area (Å²) in [6.07, 6.45) is 7.82. The van der Waals surface area contributed by atoms with Gasteiger partial charge in [-0.05, 0) is 62.7 Å². The quantitative estimate of drug-likeness (QED) is 0.882. The van der Waals surface area contributed by atoms with Crippen molar-refractivity contribution < 1.29 is 0 Å². The Bertz CT molecular complexity index is 433. The normalized spacial score (nSPS) is 28.1. The fourth-order valence-corrected chi connectivity index (χ4v) is 4.31. The summed E-state index contributed by atoms with van der Waals surface area (Å²) < 4.78 is 0. The maximum atomic E-state index is 3.74. The molecule has 2 saturated heterocycles. The van der Waals surface area contributed by atoms with E-state index in [1.807, 2.05) is 0 Å². The van der Waals surface area contributed by atoms with Gasteiger partial charge in [0.25, 0.3) is 0 Å². The molecule has 3 atom stereocenters. The van der Waals surface area contributed by atoms with Gasteiger partial charge in [-0.1, -0.05) is 38.1 Å². The molecule has 116 valence electrons. The lowest BCUT2D eigenvalue weighted by Gasteiger charge is -2.36. The summed E-state index contributed by atoms with van der Waals surface area (Å²) in [5.41, 5.74) is 2.96. The van der Waals surface area contributed by atoms with Crippen molar-refractivity contribution in [1.29, 1.82) is 0 Å². The minimum absolute atomic E-state index is 0.603. The van der Waals surface area contributed by atoms with E-state index >= 15 is 0 Å². The Morgan fingerprint density at radius 3 is 2.57 bits per heavy atom. The van der Waals surface area contributed by atoms with Crippen molar-refractivity contribution in [3.05, 3.63) is 35.4 Å². The first-order valence-corrected chi connectivity index (χ1v) is 8.91. The van der Waals surface area contributed by atoms with Crippen LogP contribution in [0.2, 0.25) is 0 Å². The van der Waals surface area contributed by atoms with Crippen molar-refractivity contribution in [2.24, 2.45) is 0 Å². The van der Waals surface area contributed by atoms with E-state index in [0.29, 0.717) is 6.04 Å². The highest BCUT2D eigenvalue weighted by molar-refractivity contribution is 5.25. The van der Waals surface area contributed by atoms with Crippen LogP contribution >= 0.6 is 0 Å². The lowest BCUT2D eigenvalue weighted by atomic mass is 9.97. The molecular formula is C19H30N2. The molecule has 0 aliphatic carbocycles. The molecule has 0 radical (unpaired) electrons. The Labute approximate surface area is 129 Å². The molecule has 3 unspecified atom stereocenters. The molecule has 2 nitrogen and oxygen atoms in total. The third-order valence-electron chi connectivity index (χ3n) is 5.46. The van der Waals surface area contributed by atoms with Gasteiger partial charge in [0, 0.05) is 18.1 Å². The molecule has 0 bridgehead atoms. The van der Waals surface area contributed by atoms with Crippen LogP contribution in [0.1, 0.15) is 63.1 Å². The standard InChI is InChI=1S/C19H30N2/c1-3-15-9-11-16(12-10-15)18(4-2)21-14-6-8-19(21)17-7-5-13-20-17/h9-12,17-20H,3-8,13-14H2,1-2H3.